The van der Waals surface area contributed by atoms with E-state index in [1.807, 2.05) is 23.1 Å². The van der Waals surface area contributed by atoms with Crippen LogP contribution < -0.4 is 5.32 Å². The van der Waals surface area contributed by atoms with Gasteiger partial charge in [0.15, 0.2) is 5.11 Å². The number of rotatable bonds is 7. The predicted molar refractivity (Wildman–Crippen MR) is 115 cm³/mol. The van der Waals surface area contributed by atoms with E-state index in [0.29, 0.717) is 22.4 Å². The van der Waals surface area contributed by atoms with Gasteiger partial charge < -0.3 is 10.2 Å². The molecule has 1 atom stereocenters. The molecule has 1 unspecified atom stereocenters. The first kappa shape index (κ1) is 20.3. The third-order valence-electron chi connectivity index (χ3n) is 4.74. The first-order chi connectivity index (χ1) is 13.5. The van der Waals surface area contributed by atoms with Gasteiger partial charge in [-0.1, -0.05) is 41.9 Å². The van der Waals surface area contributed by atoms with E-state index in [1.165, 1.54) is 10.5 Å². The Kier molecular flexibility index (Phi) is 6.65. The maximum Gasteiger partial charge on any atom is 0.251 e. The van der Waals surface area contributed by atoms with Crippen molar-refractivity contribution >= 4 is 46.4 Å². The number of hydrogen-bond acceptors (Lipinski definition) is 3. The zero-order valence-electron chi connectivity index (χ0n) is 15.6. The van der Waals surface area contributed by atoms with Crippen molar-refractivity contribution in [3.8, 4) is 0 Å². The minimum atomic E-state index is -0.569. The summed E-state index contributed by atoms with van der Waals surface area (Å²) < 4.78 is 0. The van der Waals surface area contributed by atoms with Crippen molar-refractivity contribution in [1.29, 1.82) is 0 Å². The molecule has 0 aliphatic carbocycles. The van der Waals surface area contributed by atoms with Gasteiger partial charge in [0, 0.05) is 24.3 Å². The molecule has 0 saturated carbocycles. The van der Waals surface area contributed by atoms with Crippen LogP contribution in [0.5, 0.6) is 0 Å². The molecular formula is C21H22ClN3O2S. The average molecular weight is 416 g/mol. The topological polar surface area (TPSA) is 52.7 Å². The van der Waals surface area contributed by atoms with Crippen molar-refractivity contribution < 1.29 is 9.59 Å². The van der Waals surface area contributed by atoms with E-state index in [2.05, 4.69) is 17.4 Å². The second-order valence-corrected chi connectivity index (χ2v) is 7.54. The molecule has 1 saturated heterocycles. The lowest BCUT2D eigenvalue weighted by atomic mass is 10.1. The van der Waals surface area contributed by atoms with E-state index in [1.54, 1.807) is 31.3 Å². The Bertz CT molecular complexity index is 858. The molecule has 7 heteroatoms. The lowest BCUT2D eigenvalue weighted by Crippen LogP contribution is -2.38. The fourth-order valence-corrected chi connectivity index (χ4v) is 3.68. The number of halogens is 1. The molecule has 28 heavy (non-hydrogen) atoms. The number of nitrogens with one attached hydrogen (secondary N) is 1. The van der Waals surface area contributed by atoms with Gasteiger partial charge in [-0.15, -0.1) is 0 Å². The fourth-order valence-electron chi connectivity index (χ4n) is 3.25. The number of carbonyl (C=O) groups excluding carboxylic acids is 2. The normalized spacial score (nSPS) is 16.6. The van der Waals surface area contributed by atoms with Gasteiger partial charge in [0.25, 0.3) is 5.91 Å². The number of aryl methyl sites for hydroxylation is 1. The highest BCUT2D eigenvalue weighted by Crippen LogP contribution is 2.21. The summed E-state index contributed by atoms with van der Waals surface area (Å²) in [4.78, 5) is 28.4. The summed E-state index contributed by atoms with van der Waals surface area (Å²) in [7, 11) is 1.66. The first-order valence-corrected chi connectivity index (χ1v) is 9.92. The highest BCUT2D eigenvalue weighted by atomic mass is 35.5. The highest BCUT2D eigenvalue weighted by Gasteiger charge is 2.41. The smallest absolute Gasteiger partial charge is 0.251 e. The van der Waals surface area contributed by atoms with Crippen molar-refractivity contribution in [2.75, 3.05) is 18.9 Å². The fraction of sp³-hybridized carbons (Fsp3) is 0.286. The minimum Gasteiger partial charge on any atom is -0.336 e. The van der Waals surface area contributed by atoms with E-state index in [4.69, 9.17) is 23.8 Å². The van der Waals surface area contributed by atoms with Crippen LogP contribution in [0.2, 0.25) is 5.02 Å². The second kappa shape index (κ2) is 9.17. The van der Waals surface area contributed by atoms with E-state index < -0.39 is 6.04 Å². The van der Waals surface area contributed by atoms with E-state index in [9.17, 15) is 9.59 Å². The molecule has 2 amide bonds. The number of nitrogens with zero attached hydrogens (tertiary/aromatic N) is 2. The summed E-state index contributed by atoms with van der Waals surface area (Å²) in [6, 6.07) is 16.5. The van der Waals surface area contributed by atoms with Crippen LogP contribution in [0, 0.1) is 0 Å². The number of hydrogen-bond donors (Lipinski definition) is 1. The molecular weight excluding hydrogens is 394 g/mol. The maximum atomic E-state index is 12.6. The van der Waals surface area contributed by atoms with Gasteiger partial charge in [0.2, 0.25) is 5.91 Å². The molecule has 5 nitrogen and oxygen atoms in total. The summed E-state index contributed by atoms with van der Waals surface area (Å²) in [5, 5.41) is 3.88. The summed E-state index contributed by atoms with van der Waals surface area (Å²) in [5.74, 6) is -0.372. The Morgan fingerprint density at radius 1 is 1.14 bits per heavy atom. The van der Waals surface area contributed by atoms with Crippen molar-refractivity contribution in [2.24, 2.45) is 0 Å². The highest BCUT2D eigenvalue weighted by molar-refractivity contribution is 7.80. The van der Waals surface area contributed by atoms with Gasteiger partial charge in [-0.05, 0) is 54.9 Å². The van der Waals surface area contributed by atoms with Crippen LogP contribution in [0.4, 0.5) is 5.69 Å². The van der Waals surface area contributed by atoms with Crippen molar-refractivity contribution in [3.63, 3.8) is 0 Å². The van der Waals surface area contributed by atoms with Gasteiger partial charge in [0.1, 0.15) is 6.04 Å². The Morgan fingerprint density at radius 2 is 1.82 bits per heavy atom. The molecule has 0 aromatic heterocycles. The number of carbonyl (C=O) groups is 2. The van der Waals surface area contributed by atoms with Crippen LogP contribution in [0.1, 0.15) is 18.4 Å². The molecule has 0 bridgehead atoms. The lowest BCUT2D eigenvalue weighted by Gasteiger charge is -2.23. The van der Waals surface area contributed by atoms with Crippen LogP contribution >= 0.6 is 23.8 Å². The predicted octanol–water partition coefficient (Wildman–Crippen LogP) is 3.73. The first-order valence-electron chi connectivity index (χ1n) is 9.13. The van der Waals surface area contributed by atoms with Crippen molar-refractivity contribution in [3.05, 3.63) is 65.2 Å². The molecule has 146 valence electrons. The zero-order valence-corrected chi connectivity index (χ0v) is 17.2. The molecule has 1 aliphatic rings. The zero-order chi connectivity index (χ0) is 20.1. The molecule has 3 rings (SSSR count). The number of anilines is 1. The van der Waals surface area contributed by atoms with Gasteiger partial charge in [-0.25, -0.2) is 0 Å². The maximum absolute atomic E-state index is 12.6. The summed E-state index contributed by atoms with van der Waals surface area (Å²) in [5.41, 5.74) is 1.88. The van der Waals surface area contributed by atoms with Gasteiger partial charge in [0.05, 0.1) is 6.42 Å². The van der Waals surface area contributed by atoms with Gasteiger partial charge in [-0.2, -0.15) is 0 Å². The largest absolute Gasteiger partial charge is 0.336 e. The van der Waals surface area contributed by atoms with Gasteiger partial charge >= 0.3 is 0 Å². The standard InChI is InChI=1S/C21H22ClN3O2S/c1-24-20(27)18(14-19(26)23-17-11-9-16(22)10-12-17)25(21(24)28)13-5-8-15-6-3-2-4-7-15/h2-4,6-7,9-12,18H,5,8,13-14H2,1H3,(H,23,26). The van der Waals surface area contributed by atoms with E-state index in [-0.39, 0.29) is 18.2 Å². The number of benzene rings is 2. The average Bonchev–Trinajstić information content (AvgIpc) is 2.89. The van der Waals surface area contributed by atoms with Gasteiger partial charge in [-0.3, -0.25) is 14.5 Å². The Balaban J connectivity index is 1.61. The Morgan fingerprint density at radius 3 is 2.50 bits per heavy atom. The van der Waals surface area contributed by atoms with Crippen molar-refractivity contribution in [2.45, 2.75) is 25.3 Å². The summed E-state index contributed by atoms with van der Waals surface area (Å²) in [6.07, 6.45) is 1.79. The molecule has 1 heterocycles. The van der Waals surface area contributed by atoms with Crippen LogP contribution in [0.15, 0.2) is 54.6 Å². The Labute approximate surface area is 175 Å². The second-order valence-electron chi connectivity index (χ2n) is 6.74. The molecule has 2 aromatic carbocycles. The summed E-state index contributed by atoms with van der Waals surface area (Å²) >= 11 is 11.3. The quantitative estimate of drug-likeness (QED) is 0.700. The van der Waals surface area contributed by atoms with Crippen molar-refractivity contribution in [1.82, 2.24) is 9.80 Å². The number of thiocarbonyl (C=S) groups is 1. The SMILES string of the molecule is CN1C(=O)C(CC(=O)Nc2ccc(Cl)cc2)N(CCCc2ccccc2)C1=S. The molecule has 1 aliphatic heterocycles. The molecule has 1 fully saturated rings. The minimum absolute atomic E-state index is 0.0529. The third kappa shape index (κ3) is 4.88. The van der Waals surface area contributed by atoms with Crippen LogP contribution in [-0.4, -0.2) is 46.4 Å². The number of amides is 2. The lowest BCUT2D eigenvalue weighted by molar-refractivity contribution is -0.130. The molecule has 0 radical (unpaired) electrons. The summed E-state index contributed by atoms with van der Waals surface area (Å²) in [6.45, 7) is 0.628. The number of likely N-dealkylation sites (N-methyl/N-ethyl adjacent to an activating group) is 1. The molecule has 1 N–H and O–H groups in total. The molecule has 0 spiro atoms. The monoisotopic (exact) mass is 415 g/mol. The van der Waals surface area contributed by atoms with Crippen LogP contribution in [0.25, 0.3) is 0 Å². The van der Waals surface area contributed by atoms with Crippen LogP contribution in [-0.2, 0) is 16.0 Å². The van der Waals surface area contributed by atoms with Crippen LogP contribution in [0.3, 0.4) is 0 Å². The molecule has 2 aromatic rings. The van der Waals surface area contributed by atoms with E-state index in [0.717, 1.165) is 12.8 Å². The van der Waals surface area contributed by atoms with E-state index >= 15 is 0 Å². The third-order valence-corrected chi connectivity index (χ3v) is 5.50. The Hall–Kier alpha value is -2.44.